The number of aliphatic hydroxyl groups is 2. The van der Waals surface area contributed by atoms with E-state index in [0.717, 1.165) is 6.07 Å². The van der Waals surface area contributed by atoms with Gasteiger partial charge in [0.05, 0.1) is 17.8 Å². The van der Waals surface area contributed by atoms with Gasteiger partial charge in [0.25, 0.3) is 0 Å². The van der Waals surface area contributed by atoms with E-state index in [-0.39, 0.29) is 23.8 Å². The highest BCUT2D eigenvalue weighted by Crippen LogP contribution is 2.49. The first-order valence-corrected chi connectivity index (χ1v) is 10.4. The fourth-order valence-corrected chi connectivity index (χ4v) is 4.54. The van der Waals surface area contributed by atoms with Crippen molar-refractivity contribution < 1.29 is 36.6 Å². The maximum absolute atomic E-state index is 14.4. The third kappa shape index (κ3) is 4.87. The van der Waals surface area contributed by atoms with Gasteiger partial charge < -0.3 is 15.2 Å². The first kappa shape index (κ1) is 23.6. The van der Waals surface area contributed by atoms with Crippen molar-refractivity contribution in [1.29, 1.82) is 0 Å². The number of aliphatic hydroxyl groups excluding tert-OH is 2. The van der Waals surface area contributed by atoms with Crippen LogP contribution in [-0.4, -0.2) is 40.2 Å². The van der Waals surface area contributed by atoms with E-state index in [1.54, 1.807) is 0 Å². The third-order valence-electron chi connectivity index (χ3n) is 6.17. The minimum Gasteiger partial charge on any atom is -0.394 e. The Morgan fingerprint density at radius 2 is 1.70 bits per heavy atom. The highest BCUT2D eigenvalue weighted by Gasteiger charge is 2.41. The molecule has 4 rings (SSSR count). The molecule has 1 heterocycles. The van der Waals surface area contributed by atoms with E-state index in [0.29, 0.717) is 35.0 Å². The summed E-state index contributed by atoms with van der Waals surface area (Å²) in [6, 6.07) is 5.31. The Morgan fingerprint density at radius 1 is 1.03 bits per heavy atom. The van der Waals surface area contributed by atoms with Crippen molar-refractivity contribution in [3.63, 3.8) is 0 Å². The number of aromatic nitrogens is 1. The fraction of sp³-hybridized carbons (Fsp3) is 0.391. The van der Waals surface area contributed by atoms with Crippen LogP contribution in [0, 0.1) is 23.4 Å². The number of aromatic amines is 1. The van der Waals surface area contributed by atoms with Crippen LogP contribution >= 0.6 is 0 Å². The van der Waals surface area contributed by atoms with Crippen molar-refractivity contribution in [2.24, 2.45) is 5.92 Å². The molecule has 3 aromatic rings. The number of hydrogen-bond acceptors (Lipinski definition) is 3. The van der Waals surface area contributed by atoms with Crippen LogP contribution in [0.5, 0.6) is 0 Å². The number of hydrogen-bond donors (Lipinski definition) is 4. The number of benzene rings is 2. The minimum atomic E-state index is -4.69. The molecule has 4 nitrogen and oxygen atoms in total. The summed E-state index contributed by atoms with van der Waals surface area (Å²) in [5.41, 5.74) is 1.88. The number of H-pyrrole nitrogens is 1. The molecular formula is C23H22F6N2O2. The molecule has 1 aromatic heterocycles. The van der Waals surface area contributed by atoms with E-state index in [2.05, 4.69) is 4.98 Å². The summed E-state index contributed by atoms with van der Waals surface area (Å²) in [4.78, 5) is 2.97. The zero-order valence-electron chi connectivity index (χ0n) is 17.3. The molecule has 2 aromatic carbocycles. The number of nitrogens with one attached hydrogen (secondary N) is 2. The van der Waals surface area contributed by atoms with Gasteiger partial charge >= 0.3 is 6.18 Å². The fourth-order valence-electron chi connectivity index (χ4n) is 4.54. The topological polar surface area (TPSA) is 68.3 Å². The lowest BCUT2D eigenvalue weighted by atomic mass is 9.68. The van der Waals surface area contributed by atoms with Gasteiger partial charge in [-0.2, -0.15) is 13.2 Å². The predicted molar refractivity (Wildman–Crippen MR) is 110 cm³/mol. The van der Waals surface area contributed by atoms with E-state index < -0.39 is 42.5 Å². The smallest absolute Gasteiger partial charge is 0.394 e. The molecule has 1 aliphatic carbocycles. The van der Waals surface area contributed by atoms with E-state index in [4.69, 9.17) is 5.11 Å². The van der Waals surface area contributed by atoms with E-state index in [1.165, 1.54) is 30.3 Å². The summed E-state index contributed by atoms with van der Waals surface area (Å²) >= 11 is 0. The van der Waals surface area contributed by atoms with Crippen LogP contribution in [0.1, 0.15) is 30.7 Å². The predicted octanol–water partition coefficient (Wildman–Crippen LogP) is 4.97. The summed E-state index contributed by atoms with van der Waals surface area (Å²) < 4.78 is 80.1. The normalized spacial score (nSPS) is 20.6. The Balaban J connectivity index is 1.55. The molecule has 0 bridgehead atoms. The van der Waals surface area contributed by atoms with Gasteiger partial charge in [-0.15, -0.1) is 0 Å². The second kappa shape index (κ2) is 9.00. The Kier molecular flexibility index (Phi) is 6.43. The number of alkyl halides is 3. The van der Waals surface area contributed by atoms with E-state index in [9.17, 15) is 31.4 Å². The Morgan fingerprint density at radius 3 is 2.30 bits per heavy atom. The van der Waals surface area contributed by atoms with Crippen molar-refractivity contribution in [1.82, 2.24) is 10.3 Å². The molecule has 178 valence electrons. The van der Waals surface area contributed by atoms with Gasteiger partial charge in [0, 0.05) is 11.5 Å². The lowest BCUT2D eigenvalue weighted by Gasteiger charge is -2.38. The van der Waals surface area contributed by atoms with Crippen molar-refractivity contribution in [2.75, 3.05) is 6.61 Å². The van der Waals surface area contributed by atoms with Crippen LogP contribution in [0.15, 0.2) is 36.4 Å². The standard InChI is InChI=1S/C23H22F6N2O2/c24-14-3-1-12(2-4-14)21-20(16-8-15(25)9-17(26)22(16)31-21)13-5-11(6-13)7-19(33)30-18(10-32)23(27,28)29/h1-4,8-9,11,13,18-19,30-33H,5-7,10H2/t11?,13?,18-,19?/m1/s1. The lowest BCUT2D eigenvalue weighted by molar-refractivity contribution is -0.172. The van der Waals surface area contributed by atoms with Crippen LogP contribution < -0.4 is 5.32 Å². The summed E-state index contributed by atoms with van der Waals surface area (Å²) in [7, 11) is 0. The highest BCUT2D eigenvalue weighted by atomic mass is 19.4. The van der Waals surface area contributed by atoms with E-state index in [1.807, 2.05) is 5.32 Å². The van der Waals surface area contributed by atoms with Crippen LogP contribution in [0.3, 0.4) is 0 Å². The first-order valence-electron chi connectivity index (χ1n) is 10.4. The molecule has 10 heteroatoms. The molecule has 1 unspecified atom stereocenters. The Hall–Kier alpha value is -2.56. The van der Waals surface area contributed by atoms with Crippen molar-refractivity contribution in [3.05, 3.63) is 59.4 Å². The molecule has 0 amide bonds. The van der Waals surface area contributed by atoms with Crippen LogP contribution in [0.2, 0.25) is 0 Å². The lowest BCUT2D eigenvalue weighted by Crippen LogP contribution is -2.50. The second-order valence-electron chi connectivity index (χ2n) is 8.46. The average Bonchev–Trinajstić information content (AvgIpc) is 3.07. The maximum Gasteiger partial charge on any atom is 0.406 e. The molecular weight excluding hydrogens is 450 g/mol. The first-order chi connectivity index (χ1) is 15.6. The zero-order chi connectivity index (χ0) is 23.9. The van der Waals surface area contributed by atoms with Gasteiger partial charge in [0.1, 0.15) is 29.7 Å². The summed E-state index contributed by atoms with van der Waals surface area (Å²) in [6.45, 7) is -1.19. The van der Waals surface area contributed by atoms with Crippen molar-refractivity contribution >= 4 is 10.9 Å². The highest BCUT2D eigenvalue weighted by molar-refractivity contribution is 5.92. The molecule has 0 aliphatic heterocycles. The number of fused-ring (bicyclic) bond motifs is 1. The maximum atomic E-state index is 14.4. The molecule has 33 heavy (non-hydrogen) atoms. The molecule has 2 atom stereocenters. The molecule has 1 aliphatic rings. The molecule has 1 fully saturated rings. The number of halogens is 6. The quantitative estimate of drug-likeness (QED) is 0.290. The van der Waals surface area contributed by atoms with Gasteiger partial charge in [-0.05, 0) is 72.6 Å². The van der Waals surface area contributed by atoms with E-state index >= 15 is 0 Å². The van der Waals surface area contributed by atoms with Gasteiger partial charge in [-0.3, -0.25) is 5.32 Å². The van der Waals surface area contributed by atoms with Crippen LogP contribution in [0.4, 0.5) is 26.3 Å². The molecule has 0 radical (unpaired) electrons. The van der Waals surface area contributed by atoms with Crippen molar-refractivity contribution in [3.8, 4) is 11.3 Å². The van der Waals surface area contributed by atoms with Gasteiger partial charge in [-0.1, -0.05) is 0 Å². The van der Waals surface area contributed by atoms with Gasteiger partial charge in [0.15, 0.2) is 0 Å². The molecule has 0 spiro atoms. The second-order valence-corrected chi connectivity index (χ2v) is 8.46. The summed E-state index contributed by atoms with van der Waals surface area (Å²) in [6.07, 6.45) is -5.17. The SMILES string of the molecule is OC[C@@H](NC(O)CC1CC(c2c(-c3ccc(F)cc3)[nH]c3c(F)cc(F)cc23)C1)C(F)(F)F. The van der Waals surface area contributed by atoms with Crippen LogP contribution in [-0.2, 0) is 0 Å². The molecule has 4 N–H and O–H groups in total. The minimum absolute atomic E-state index is 0.0278. The summed E-state index contributed by atoms with van der Waals surface area (Å²) in [5, 5.41) is 21.2. The largest absolute Gasteiger partial charge is 0.406 e. The Labute approximate surface area is 185 Å². The molecule has 1 saturated carbocycles. The van der Waals surface area contributed by atoms with Gasteiger partial charge in [-0.25, -0.2) is 13.2 Å². The van der Waals surface area contributed by atoms with Crippen LogP contribution in [0.25, 0.3) is 22.2 Å². The summed E-state index contributed by atoms with van der Waals surface area (Å²) in [5.74, 6) is -2.25. The van der Waals surface area contributed by atoms with Gasteiger partial charge in [0.2, 0.25) is 0 Å². The molecule has 0 saturated heterocycles. The zero-order valence-corrected chi connectivity index (χ0v) is 17.3. The monoisotopic (exact) mass is 472 g/mol. The average molecular weight is 472 g/mol. The number of rotatable bonds is 7. The third-order valence-corrected chi connectivity index (χ3v) is 6.17. The van der Waals surface area contributed by atoms with Crippen molar-refractivity contribution in [2.45, 2.75) is 43.6 Å². The Bertz CT molecular complexity index is 1120.